The van der Waals surface area contributed by atoms with Crippen molar-refractivity contribution >= 4 is 33.0 Å². The lowest BCUT2D eigenvalue weighted by Gasteiger charge is -2.29. The van der Waals surface area contributed by atoms with E-state index in [0.717, 1.165) is 40.5 Å². The summed E-state index contributed by atoms with van der Waals surface area (Å²) in [4.78, 5) is 14.9. The monoisotopic (exact) mass is 415 g/mol. The summed E-state index contributed by atoms with van der Waals surface area (Å²) in [5.74, 6) is -0.373. The molecule has 2 aromatic rings. The van der Waals surface area contributed by atoms with Gasteiger partial charge in [-0.3, -0.25) is 9.10 Å². The molecule has 1 aliphatic heterocycles. The van der Waals surface area contributed by atoms with Gasteiger partial charge in [-0.15, -0.1) is 0 Å². The normalized spacial score (nSPS) is 14.5. The predicted molar refractivity (Wildman–Crippen MR) is 119 cm³/mol. The van der Waals surface area contributed by atoms with Crippen LogP contribution in [0.1, 0.15) is 30.4 Å². The van der Waals surface area contributed by atoms with Crippen LogP contribution in [-0.4, -0.2) is 40.2 Å². The second-order valence-corrected chi connectivity index (χ2v) is 9.61. The number of sulfonamides is 1. The summed E-state index contributed by atoms with van der Waals surface area (Å²) in [7, 11) is -3.60. The number of nitrogens with zero attached hydrogens (tertiary/aromatic N) is 2. The summed E-state index contributed by atoms with van der Waals surface area (Å²) in [5.41, 5.74) is 4.08. The maximum absolute atomic E-state index is 12.6. The summed E-state index contributed by atoms with van der Waals surface area (Å²) >= 11 is 0. The second kappa shape index (κ2) is 8.86. The van der Waals surface area contributed by atoms with Crippen LogP contribution in [0.25, 0.3) is 0 Å². The lowest BCUT2D eigenvalue weighted by Crippen LogP contribution is -2.38. The van der Waals surface area contributed by atoms with Crippen LogP contribution in [0.5, 0.6) is 0 Å². The summed E-state index contributed by atoms with van der Waals surface area (Å²) in [6.07, 6.45) is 4.81. The summed E-state index contributed by atoms with van der Waals surface area (Å²) < 4.78 is 25.8. The largest absolute Gasteiger partial charge is 0.372 e. The topological polar surface area (TPSA) is 69.7 Å². The van der Waals surface area contributed by atoms with Crippen molar-refractivity contribution in [2.45, 2.75) is 33.1 Å². The van der Waals surface area contributed by atoms with E-state index in [1.807, 2.05) is 50.2 Å². The quantitative estimate of drug-likeness (QED) is 0.781. The number of carbonyl (C=O) groups is 1. The van der Waals surface area contributed by atoms with Gasteiger partial charge in [-0.25, -0.2) is 8.42 Å². The maximum atomic E-state index is 12.6. The van der Waals surface area contributed by atoms with Gasteiger partial charge in [0.05, 0.1) is 11.9 Å². The molecule has 0 aliphatic carbocycles. The zero-order chi connectivity index (χ0) is 21.0. The van der Waals surface area contributed by atoms with Crippen molar-refractivity contribution in [3.63, 3.8) is 0 Å². The lowest BCUT2D eigenvalue weighted by atomic mass is 10.1. The Bertz CT molecular complexity index is 965. The molecule has 1 saturated heterocycles. The number of hydrogen-bond donors (Lipinski definition) is 1. The van der Waals surface area contributed by atoms with Gasteiger partial charge in [0.15, 0.2) is 0 Å². The Kier molecular flexibility index (Phi) is 6.47. The predicted octanol–water partition coefficient (Wildman–Crippen LogP) is 3.70. The Hall–Kier alpha value is -2.54. The molecule has 0 atom stereocenters. The Balaban J connectivity index is 1.71. The Morgan fingerprint density at radius 1 is 1.03 bits per heavy atom. The van der Waals surface area contributed by atoms with E-state index >= 15 is 0 Å². The van der Waals surface area contributed by atoms with Crippen molar-refractivity contribution < 1.29 is 13.2 Å². The van der Waals surface area contributed by atoms with E-state index < -0.39 is 10.0 Å². The van der Waals surface area contributed by atoms with E-state index in [0.29, 0.717) is 11.4 Å². The van der Waals surface area contributed by atoms with E-state index in [-0.39, 0.29) is 12.5 Å². The third-order valence-electron chi connectivity index (χ3n) is 5.19. The molecule has 3 rings (SSSR count). The first-order chi connectivity index (χ1) is 13.7. The average molecular weight is 416 g/mol. The highest BCUT2D eigenvalue weighted by Crippen LogP contribution is 2.25. The first kappa shape index (κ1) is 21.2. The minimum Gasteiger partial charge on any atom is -0.372 e. The molecule has 7 heteroatoms. The standard InChI is InChI=1S/C22H29N3O3S/c1-17-7-8-18(2)21(15-17)25(29(3,27)28)16-22(26)23-19-9-11-20(12-10-19)24-13-5-4-6-14-24/h7-12,15H,4-6,13-14,16H2,1-3H3,(H,23,26). The van der Waals surface area contributed by atoms with E-state index in [1.165, 1.54) is 19.3 Å². The van der Waals surface area contributed by atoms with Gasteiger partial charge in [0, 0.05) is 24.5 Å². The van der Waals surface area contributed by atoms with Crippen molar-refractivity contribution in [3.05, 3.63) is 53.6 Å². The van der Waals surface area contributed by atoms with Gasteiger partial charge in [-0.2, -0.15) is 0 Å². The fourth-order valence-corrected chi connectivity index (χ4v) is 4.51. The van der Waals surface area contributed by atoms with Gasteiger partial charge in [0.2, 0.25) is 15.9 Å². The Morgan fingerprint density at radius 3 is 2.31 bits per heavy atom. The number of anilines is 3. The van der Waals surface area contributed by atoms with Gasteiger partial charge in [-0.1, -0.05) is 12.1 Å². The molecular formula is C22H29N3O3S. The highest BCUT2D eigenvalue weighted by Gasteiger charge is 2.22. The lowest BCUT2D eigenvalue weighted by molar-refractivity contribution is -0.114. The zero-order valence-electron chi connectivity index (χ0n) is 17.3. The average Bonchev–Trinajstić information content (AvgIpc) is 2.68. The summed E-state index contributed by atoms with van der Waals surface area (Å²) in [5, 5.41) is 2.81. The van der Waals surface area contributed by atoms with Crippen molar-refractivity contribution in [1.29, 1.82) is 0 Å². The molecule has 1 aliphatic rings. The van der Waals surface area contributed by atoms with Crippen molar-refractivity contribution in [2.75, 3.05) is 40.4 Å². The van der Waals surface area contributed by atoms with Crippen LogP contribution in [0.2, 0.25) is 0 Å². The number of piperidine rings is 1. The molecule has 1 amide bonds. The number of nitrogens with one attached hydrogen (secondary N) is 1. The number of hydrogen-bond acceptors (Lipinski definition) is 4. The molecule has 0 radical (unpaired) electrons. The van der Waals surface area contributed by atoms with E-state index in [4.69, 9.17) is 0 Å². The molecule has 0 aromatic heterocycles. The second-order valence-electron chi connectivity index (χ2n) is 7.70. The number of rotatable bonds is 6. The van der Waals surface area contributed by atoms with E-state index in [9.17, 15) is 13.2 Å². The van der Waals surface area contributed by atoms with Gasteiger partial charge in [0.1, 0.15) is 6.54 Å². The van der Waals surface area contributed by atoms with Crippen LogP contribution in [0.3, 0.4) is 0 Å². The first-order valence-corrected chi connectivity index (χ1v) is 11.8. The molecule has 156 valence electrons. The van der Waals surface area contributed by atoms with Gasteiger partial charge < -0.3 is 10.2 Å². The summed E-state index contributed by atoms with van der Waals surface area (Å²) in [6.45, 7) is 5.59. The highest BCUT2D eigenvalue weighted by atomic mass is 32.2. The molecule has 6 nitrogen and oxygen atoms in total. The Labute approximate surface area is 173 Å². The van der Waals surface area contributed by atoms with Crippen molar-refractivity contribution in [1.82, 2.24) is 0 Å². The molecule has 0 spiro atoms. The number of carbonyl (C=O) groups excluding carboxylic acids is 1. The van der Waals surface area contributed by atoms with Crippen LogP contribution >= 0.6 is 0 Å². The molecule has 1 N–H and O–H groups in total. The van der Waals surface area contributed by atoms with Crippen LogP contribution < -0.4 is 14.5 Å². The third-order valence-corrected chi connectivity index (χ3v) is 6.32. The minimum absolute atomic E-state index is 0.267. The van der Waals surface area contributed by atoms with Gasteiger partial charge >= 0.3 is 0 Å². The fraction of sp³-hybridized carbons (Fsp3) is 0.409. The maximum Gasteiger partial charge on any atom is 0.245 e. The SMILES string of the molecule is Cc1ccc(C)c(N(CC(=O)Nc2ccc(N3CCCCC3)cc2)S(C)(=O)=O)c1. The van der Waals surface area contributed by atoms with Crippen LogP contribution in [0, 0.1) is 13.8 Å². The van der Waals surface area contributed by atoms with E-state index in [1.54, 1.807) is 6.07 Å². The Morgan fingerprint density at radius 2 is 1.69 bits per heavy atom. The molecule has 1 fully saturated rings. The number of aryl methyl sites for hydroxylation is 2. The molecule has 0 bridgehead atoms. The van der Waals surface area contributed by atoms with Gasteiger partial charge in [0.25, 0.3) is 0 Å². The molecular weight excluding hydrogens is 386 g/mol. The number of benzene rings is 2. The van der Waals surface area contributed by atoms with Crippen LogP contribution in [-0.2, 0) is 14.8 Å². The van der Waals surface area contributed by atoms with E-state index in [2.05, 4.69) is 10.2 Å². The smallest absolute Gasteiger partial charge is 0.245 e. The van der Waals surface area contributed by atoms with Gasteiger partial charge in [-0.05, 0) is 74.6 Å². The van der Waals surface area contributed by atoms with Crippen molar-refractivity contribution in [3.8, 4) is 0 Å². The fourth-order valence-electron chi connectivity index (χ4n) is 3.61. The summed E-state index contributed by atoms with van der Waals surface area (Å²) in [6, 6.07) is 13.3. The third kappa shape index (κ3) is 5.50. The molecule has 29 heavy (non-hydrogen) atoms. The van der Waals surface area contributed by atoms with Crippen molar-refractivity contribution in [2.24, 2.45) is 0 Å². The molecule has 0 saturated carbocycles. The van der Waals surface area contributed by atoms with Crippen LogP contribution in [0.4, 0.5) is 17.1 Å². The molecule has 0 unspecified atom stereocenters. The highest BCUT2D eigenvalue weighted by molar-refractivity contribution is 7.92. The minimum atomic E-state index is -3.60. The number of amides is 1. The molecule has 2 aromatic carbocycles. The zero-order valence-corrected chi connectivity index (χ0v) is 18.1. The molecule has 1 heterocycles. The first-order valence-electron chi connectivity index (χ1n) is 9.94. The van der Waals surface area contributed by atoms with Crippen LogP contribution in [0.15, 0.2) is 42.5 Å².